The molecule has 108 valence electrons. The minimum Gasteiger partial charge on any atom is -0.493 e. The first-order valence-electron chi connectivity index (χ1n) is 7.20. The van der Waals surface area contributed by atoms with Crippen molar-refractivity contribution in [3.63, 3.8) is 0 Å². The summed E-state index contributed by atoms with van der Waals surface area (Å²) in [6.45, 7) is 0.722. The Morgan fingerprint density at radius 1 is 1.35 bits per heavy atom. The Balaban J connectivity index is 1.83. The highest BCUT2D eigenvalue weighted by Crippen LogP contribution is 2.46. The number of carbonyl (C=O) groups is 1. The van der Waals surface area contributed by atoms with E-state index in [0.717, 1.165) is 18.6 Å². The van der Waals surface area contributed by atoms with Crippen LogP contribution in [0.3, 0.4) is 0 Å². The van der Waals surface area contributed by atoms with Crippen molar-refractivity contribution >= 4 is 5.97 Å². The second-order valence-electron chi connectivity index (χ2n) is 5.86. The standard InChI is InChI=1S/C16H20O4/c1-19-14-9-12(16(15(17)18)7-2-8-16)5-6-13(14)20-10-11-3-4-11/h5-6,9,11H,2-4,7-8,10H2,1H3,(H,17,18). The third-order valence-electron chi connectivity index (χ3n) is 4.50. The highest BCUT2D eigenvalue weighted by atomic mass is 16.5. The quantitative estimate of drug-likeness (QED) is 0.867. The summed E-state index contributed by atoms with van der Waals surface area (Å²) in [6.07, 6.45) is 4.85. The monoisotopic (exact) mass is 276 g/mol. The molecule has 0 bridgehead atoms. The van der Waals surface area contributed by atoms with Crippen LogP contribution < -0.4 is 9.47 Å². The van der Waals surface area contributed by atoms with Gasteiger partial charge in [0, 0.05) is 0 Å². The van der Waals surface area contributed by atoms with E-state index in [4.69, 9.17) is 9.47 Å². The van der Waals surface area contributed by atoms with Crippen LogP contribution >= 0.6 is 0 Å². The molecule has 2 aliphatic carbocycles. The lowest BCUT2D eigenvalue weighted by Gasteiger charge is -2.38. The summed E-state index contributed by atoms with van der Waals surface area (Å²) >= 11 is 0. The van der Waals surface area contributed by atoms with E-state index in [1.165, 1.54) is 12.8 Å². The van der Waals surface area contributed by atoms with Gasteiger partial charge in [0.25, 0.3) is 0 Å². The van der Waals surface area contributed by atoms with Gasteiger partial charge in [-0.05, 0) is 49.3 Å². The molecule has 20 heavy (non-hydrogen) atoms. The first-order chi connectivity index (χ1) is 9.65. The van der Waals surface area contributed by atoms with Crippen LogP contribution in [0, 0.1) is 5.92 Å². The number of hydrogen-bond acceptors (Lipinski definition) is 3. The van der Waals surface area contributed by atoms with Gasteiger partial charge in [0.05, 0.1) is 19.1 Å². The molecule has 1 N–H and O–H groups in total. The number of aliphatic carboxylic acids is 1. The Labute approximate surface area is 118 Å². The maximum Gasteiger partial charge on any atom is 0.314 e. The Morgan fingerprint density at radius 2 is 2.10 bits per heavy atom. The molecule has 2 fully saturated rings. The summed E-state index contributed by atoms with van der Waals surface area (Å²) in [5, 5.41) is 9.48. The zero-order valence-electron chi connectivity index (χ0n) is 11.7. The third-order valence-corrected chi connectivity index (χ3v) is 4.50. The van der Waals surface area contributed by atoms with E-state index >= 15 is 0 Å². The van der Waals surface area contributed by atoms with Gasteiger partial charge in [-0.15, -0.1) is 0 Å². The Bertz CT molecular complexity index is 515. The van der Waals surface area contributed by atoms with Crippen molar-refractivity contribution in [3.8, 4) is 11.5 Å². The van der Waals surface area contributed by atoms with Crippen LogP contribution in [-0.2, 0) is 10.2 Å². The SMILES string of the molecule is COc1cc(C2(C(=O)O)CCC2)ccc1OCC1CC1. The normalized spacial score (nSPS) is 20.1. The fraction of sp³-hybridized carbons (Fsp3) is 0.562. The predicted octanol–water partition coefficient (Wildman–Crippen LogP) is 2.99. The fourth-order valence-corrected chi connectivity index (χ4v) is 2.73. The highest BCUT2D eigenvalue weighted by molar-refractivity contribution is 5.83. The summed E-state index contributed by atoms with van der Waals surface area (Å²) < 4.78 is 11.1. The lowest BCUT2D eigenvalue weighted by atomic mass is 9.64. The summed E-state index contributed by atoms with van der Waals surface area (Å²) in [4.78, 5) is 11.5. The van der Waals surface area contributed by atoms with Crippen molar-refractivity contribution in [1.29, 1.82) is 0 Å². The third kappa shape index (κ3) is 2.23. The van der Waals surface area contributed by atoms with E-state index in [-0.39, 0.29) is 0 Å². The predicted molar refractivity (Wildman–Crippen MR) is 74.4 cm³/mol. The minimum absolute atomic E-state index is 0.635. The molecule has 0 aliphatic heterocycles. The van der Waals surface area contributed by atoms with Crippen LogP contribution in [0.2, 0.25) is 0 Å². The number of ether oxygens (including phenoxy) is 2. The summed E-state index contributed by atoms with van der Waals surface area (Å²) in [7, 11) is 1.59. The molecule has 0 aromatic heterocycles. The van der Waals surface area contributed by atoms with Gasteiger partial charge in [-0.25, -0.2) is 0 Å². The number of methoxy groups -OCH3 is 1. The zero-order chi connectivity index (χ0) is 14.2. The van der Waals surface area contributed by atoms with Crippen molar-refractivity contribution in [2.75, 3.05) is 13.7 Å². The Hall–Kier alpha value is -1.71. The molecule has 0 atom stereocenters. The Kier molecular flexibility index (Phi) is 3.32. The van der Waals surface area contributed by atoms with Gasteiger partial charge in [0.2, 0.25) is 0 Å². The van der Waals surface area contributed by atoms with Gasteiger partial charge in [-0.3, -0.25) is 4.79 Å². The number of carboxylic acid groups (broad SMARTS) is 1. The molecule has 0 unspecified atom stereocenters. The number of carboxylic acids is 1. The molecular weight excluding hydrogens is 256 g/mol. The molecule has 2 saturated carbocycles. The molecule has 0 amide bonds. The molecule has 0 radical (unpaired) electrons. The van der Waals surface area contributed by atoms with E-state index in [9.17, 15) is 9.90 Å². The van der Waals surface area contributed by atoms with Gasteiger partial charge in [0.1, 0.15) is 0 Å². The van der Waals surface area contributed by atoms with Gasteiger partial charge < -0.3 is 14.6 Å². The molecule has 0 saturated heterocycles. The van der Waals surface area contributed by atoms with Crippen LogP contribution in [0.5, 0.6) is 11.5 Å². The van der Waals surface area contributed by atoms with Crippen LogP contribution in [0.4, 0.5) is 0 Å². The van der Waals surface area contributed by atoms with Gasteiger partial charge >= 0.3 is 5.97 Å². The average Bonchev–Trinajstić information content (AvgIpc) is 3.19. The lowest BCUT2D eigenvalue weighted by molar-refractivity contribution is -0.147. The molecule has 4 nitrogen and oxygen atoms in total. The van der Waals surface area contributed by atoms with E-state index in [0.29, 0.717) is 30.3 Å². The molecule has 1 aromatic rings. The number of benzene rings is 1. The van der Waals surface area contributed by atoms with Crippen LogP contribution in [0.1, 0.15) is 37.7 Å². The van der Waals surface area contributed by atoms with E-state index in [1.54, 1.807) is 7.11 Å². The molecule has 0 heterocycles. The van der Waals surface area contributed by atoms with E-state index in [1.807, 2.05) is 18.2 Å². The fourth-order valence-electron chi connectivity index (χ4n) is 2.73. The molecule has 1 aromatic carbocycles. The average molecular weight is 276 g/mol. The molecule has 3 rings (SSSR count). The van der Waals surface area contributed by atoms with Crippen LogP contribution in [-0.4, -0.2) is 24.8 Å². The second-order valence-corrected chi connectivity index (χ2v) is 5.86. The van der Waals surface area contributed by atoms with E-state index in [2.05, 4.69) is 0 Å². The topological polar surface area (TPSA) is 55.8 Å². The highest BCUT2D eigenvalue weighted by Gasteiger charge is 2.46. The van der Waals surface area contributed by atoms with Gasteiger partial charge in [0.15, 0.2) is 11.5 Å². The second kappa shape index (κ2) is 5.00. The van der Waals surface area contributed by atoms with Crippen molar-refractivity contribution in [2.24, 2.45) is 5.92 Å². The van der Waals surface area contributed by atoms with Crippen LogP contribution in [0.15, 0.2) is 18.2 Å². The van der Waals surface area contributed by atoms with Crippen molar-refractivity contribution in [1.82, 2.24) is 0 Å². The molecule has 2 aliphatic rings. The summed E-state index contributed by atoms with van der Waals surface area (Å²) in [5.41, 5.74) is 0.106. The minimum atomic E-state index is -0.738. The van der Waals surface area contributed by atoms with Crippen molar-refractivity contribution in [2.45, 2.75) is 37.5 Å². The zero-order valence-corrected chi connectivity index (χ0v) is 11.7. The molecular formula is C16H20O4. The first-order valence-corrected chi connectivity index (χ1v) is 7.20. The maximum atomic E-state index is 11.5. The Morgan fingerprint density at radius 3 is 2.60 bits per heavy atom. The maximum absolute atomic E-state index is 11.5. The lowest BCUT2D eigenvalue weighted by Crippen LogP contribution is -2.42. The van der Waals surface area contributed by atoms with Crippen molar-refractivity contribution in [3.05, 3.63) is 23.8 Å². The first kappa shape index (κ1) is 13.3. The smallest absolute Gasteiger partial charge is 0.314 e. The largest absolute Gasteiger partial charge is 0.493 e. The van der Waals surface area contributed by atoms with Gasteiger partial charge in [-0.2, -0.15) is 0 Å². The van der Waals surface area contributed by atoms with Gasteiger partial charge in [-0.1, -0.05) is 12.5 Å². The molecule has 0 spiro atoms. The number of hydrogen-bond donors (Lipinski definition) is 1. The van der Waals surface area contributed by atoms with E-state index < -0.39 is 11.4 Å². The van der Waals surface area contributed by atoms with Crippen LogP contribution in [0.25, 0.3) is 0 Å². The van der Waals surface area contributed by atoms with Crippen molar-refractivity contribution < 1.29 is 19.4 Å². The summed E-state index contributed by atoms with van der Waals surface area (Å²) in [5.74, 6) is 1.28. The molecule has 4 heteroatoms. The number of rotatable bonds is 6. The summed E-state index contributed by atoms with van der Waals surface area (Å²) in [6, 6.07) is 5.55.